The number of methoxy groups -OCH3 is 1. The average molecular weight is 382 g/mol. The van der Waals surface area contributed by atoms with E-state index in [0.29, 0.717) is 44.5 Å². The van der Waals surface area contributed by atoms with Crippen LogP contribution in [0.1, 0.15) is 47.9 Å². The Kier molecular flexibility index (Phi) is 4.83. The first-order valence-electron chi connectivity index (χ1n) is 9.85. The van der Waals surface area contributed by atoms with Crippen LogP contribution < -0.4 is 4.74 Å². The second-order valence-electron chi connectivity index (χ2n) is 7.43. The highest BCUT2D eigenvalue weighted by Gasteiger charge is 2.48. The van der Waals surface area contributed by atoms with Crippen molar-refractivity contribution >= 4 is 11.8 Å². The van der Waals surface area contributed by atoms with E-state index in [-0.39, 0.29) is 11.8 Å². The van der Waals surface area contributed by atoms with E-state index in [0.717, 1.165) is 23.6 Å². The lowest BCUT2D eigenvalue weighted by Crippen LogP contribution is -2.58. The van der Waals surface area contributed by atoms with Gasteiger partial charge in [0.05, 0.1) is 24.7 Å². The van der Waals surface area contributed by atoms with Gasteiger partial charge in [-0.2, -0.15) is 0 Å². The van der Waals surface area contributed by atoms with Crippen LogP contribution in [0.25, 0.3) is 0 Å². The average Bonchev–Trinajstić information content (AvgIpc) is 3.24. The fourth-order valence-corrected chi connectivity index (χ4v) is 4.53. The van der Waals surface area contributed by atoms with Crippen LogP contribution in [0.2, 0.25) is 0 Å². The summed E-state index contributed by atoms with van der Waals surface area (Å²) in [6, 6.07) is 7.20. The number of carbonyl (C=O) groups excluding carboxylic acids is 2. The number of hydrogen-bond donors (Lipinski definition) is 1. The van der Waals surface area contributed by atoms with Crippen molar-refractivity contribution in [1.29, 1.82) is 0 Å². The molecular formula is C21H26N4O3. The zero-order chi connectivity index (χ0) is 19.7. The Balaban J connectivity index is 1.55. The molecule has 148 valence electrons. The molecule has 1 spiro atoms. The Morgan fingerprint density at radius 2 is 1.89 bits per heavy atom. The minimum Gasteiger partial charge on any atom is -0.497 e. The van der Waals surface area contributed by atoms with E-state index in [1.165, 1.54) is 0 Å². The van der Waals surface area contributed by atoms with E-state index in [9.17, 15) is 9.59 Å². The van der Waals surface area contributed by atoms with Gasteiger partial charge in [0, 0.05) is 43.7 Å². The Hall–Kier alpha value is -2.83. The second kappa shape index (κ2) is 7.30. The van der Waals surface area contributed by atoms with Gasteiger partial charge < -0.3 is 19.5 Å². The molecule has 0 unspecified atom stereocenters. The maximum atomic E-state index is 12.9. The summed E-state index contributed by atoms with van der Waals surface area (Å²) >= 11 is 0. The number of fused-ring (bicyclic) bond motifs is 2. The van der Waals surface area contributed by atoms with Crippen LogP contribution in [0.3, 0.4) is 0 Å². The van der Waals surface area contributed by atoms with Gasteiger partial charge in [0.15, 0.2) is 0 Å². The maximum absolute atomic E-state index is 12.9. The molecular weight excluding hydrogens is 356 g/mol. The number of imidazole rings is 1. The molecule has 7 nitrogen and oxygen atoms in total. The summed E-state index contributed by atoms with van der Waals surface area (Å²) in [6.45, 7) is 3.81. The smallest absolute Gasteiger partial charge is 0.253 e. The van der Waals surface area contributed by atoms with Gasteiger partial charge in [0.25, 0.3) is 5.91 Å². The van der Waals surface area contributed by atoms with E-state index in [2.05, 4.69) is 9.97 Å². The van der Waals surface area contributed by atoms with Crippen LogP contribution in [-0.4, -0.2) is 58.3 Å². The molecule has 2 amide bonds. The number of nitrogens with one attached hydrogen (secondary N) is 1. The number of rotatable bonds is 3. The van der Waals surface area contributed by atoms with Crippen molar-refractivity contribution in [3.8, 4) is 5.75 Å². The number of ether oxygens (including phenoxy) is 1. The number of likely N-dealkylation sites (tertiary alicyclic amines) is 1. The third kappa shape index (κ3) is 2.95. The van der Waals surface area contributed by atoms with E-state index < -0.39 is 5.54 Å². The maximum Gasteiger partial charge on any atom is 0.253 e. The second-order valence-corrected chi connectivity index (χ2v) is 7.43. The Morgan fingerprint density at radius 3 is 2.54 bits per heavy atom. The molecule has 1 aromatic heterocycles. The predicted molar refractivity (Wildman–Crippen MR) is 104 cm³/mol. The van der Waals surface area contributed by atoms with Crippen molar-refractivity contribution in [3.63, 3.8) is 0 Å². The van der Waals surface area contributed by atoms with Crippen molar-refractivity contribution < 1.29 is 14.3 Å². The molecule has 1 aromatic carbocycles. The highest BCUT2D eigenvalue weighted by atomic mass is 16.5. The molecule has 1 fully saturated rings. The van der Waals surface area contributed by atoms with Gasteiger partial charge in [-0.3, -0.25) is 9.59 Å². The number of hydrogen-bond acceptors (Lipinski definition) is 4. The first kappa shape index (κ1) is 18.5. The zero-order valence-corrected chi connectivity index (χ0v) is 16.4. The Labute approximate surface area is 164 Å². The summed E-state index contributed by atoms with van der Waals surface area (Å²) in [7, 11) is 1.61. The Morgan fingerprint density at radius 1 is 1.18 bits per heavy atom. The number of carbonyl (C=O) groups is 2. The monoisotopic (exact) mass is 382 g/mol. The summed E-state index contributed by atoms with van der Waals surface area (Å²) in [5.74, 6) is 0.906. The summed E-state index contributed by atoms with van der Waals surface area (Å²) in [5, 5.41) is 0. The van der Waals surface area contributed by atoms with Crippen LogP contribution in [0.4, 0.5) is 0 Å². The van der Waals surface area contributed by atoms with E-state index in [1.807, 2.05) is 16.7 Å². The van der Waals surface area contributed by atoms with Gasteiger partial charge in [0.1, 0.15) is 5.75 Å². The van der Waals surface area contributed by atoms with Crippen LogP contribution in [0.5, 0.6) is 5.75 Å². The number of nitrogens with zero attached hydrogens (tertiary/aromatic N) is 3. The molecule has 3 heterocycles. The number of piperidine rings is 1. The van der Waals surface area contributed by atoms with Gasteiger partial charge >= 0.3 is 0 Å². The third-order valence-electron chi connectivity index (χ3n) is 6.08. The Bertz CT molecular complexity index is 866. The van der Waals surface area contributed by atoms with Crippen molar-refractivity contribution in [2.75, 3.05) is 26.7 Å². The lowest BCUT2D eigenvalue weighted by molar-refractivity contribution is -0.141. The third-order valence-corrected chi connectivity index (χ3v) is 6.08. The number of aromatic amines is 1. The number of amides is 2. The molecule has 7 heteroatoms. The molecule has 2 aliphatic heterocycles. The minimum atomic E-state index is -0.405. The summed E-state index contributed by atoms with van der Waals surface area (Å²) in [4.78, 5) is 37.3. The fraction of sp³-hybridized carbons (Fsp3) is 0.476. The lowest BCUT2D eigenvalue weighted by atomic mass is 9.78. The van der Waals surface area contributed by atoms with E-state index >= 15 is 0 Å². The van der Waals surface area contributed by atoms with Crippen molar-refractivity contribution in [1.82, 2.24) is 19.8 Å². The molecule has 0 atom stereocenters. The van der Waals surface area contributed by atoms with Gasteiger partial charge in [-0.25, -0.2) is 4.98 Å². The lowest BCUT2D eigenvalue weighted by Gasteiger charge is -2.50. The van der Waals surface area contributed by atoms with Crippen LogP contribution in [-0.2, 0) is 16.8 Å². The zero-order valence-electron chi connectivity index (χ0n) is 16.4. The number of aromatic nitrogens is 2. The van der Waals surface area contributed by atoms with E-state index in [1.54, 1.807) is 37.7 Å². The molecule has 2 aromatic rings. The van der Waals surface area contributed by atoms with Crippen molar-refractivity contribution in [2.24, 2.45) is 0 Å². The largest absolute Gasteiger partial charge is 0.497 e. The molecule has 0 aliphatic carbocycles. The summed E-state index contributed by atoms with van der Waals surface area (Å²) < 4.78 is 5.17. The summed E-state index contributed by atoms with van der Waals surface area (Å²) in [6.07, 6.45) is 4.42. The van der Waals surface area contributed by atoms with Gasteiger partial charge in [0.2, 0.25) is 5.91 Å². The van der Waals surface area contributed by atoms with Crippen molar-refractivity contribution in [3.05, 3.63) is 47.5 Å². The molecule has 1 N–H and O–H groups in total. The molecule has 0 bridgehead atoms. The minimum absolute atomic E-state index is 0.0175. The predicted octanol–water partition coefficient (Wildman–Crippen LogP) is 2.34. The van der Waals surface area contributed by atoms with Gasteiger partial charge in [-0.15, -0.1) is 0 Å². The number of benzene rings is 1. The number of H-pyrrole nitrogens is 1. The normalized spacial score (nSPS) is 18.1. The van der Waals surface area contributed by atoms with Crippen molar-refractivity contribution in [2.45, 2.75) is 38.1 Å². The van der Waals surface area contributed by atoms with E-state index in [4.69, 9.17) is 4.74 Å². The SMILES string of the molecule is CCC(=O)N1CCc2[nH]cnc2C12CCN(C(=O)c1ccc(OC)cc1)CC2. The molecule has 1 saturated heterocycles. The highest BCUT2D eigenvalue weighted by Crippen LogP contribution is 2.42. The topological polar surface area (TPSA) is 78.5 Å². The first-order chi connectivity index (χ1) is 13.6. The fourth-order valence-electron chi connectivity index (χ4n) is 4.53. The molecule has 0 saturated carbocycles. The molecule has 28 heavy (non-hydrogen) atoms. The quantitative estimate of drug-likeness (QED) is 0.884. The van der Waals surface area contributed by atoms with Crippen LogP contribution in [0.15, 0.2) is 30.6 Å². The first-order valence-corrected chi connectivity index (χ1v) is 9.85. The molecule has 4 rings (SSSR count). The van der Waals surface area contributed by atoms with Crippen LogP contribution in [0, 0.1) is 0 Å². The molecule has 2 aliphatic rings. The van der Waals surface area contributed by atoms with Crippen LogP contribution >= 0.6 is 0 Å². The highest BCUT2D eigenvalue weighted by molar-refractivity contribution is 5.94. The summed E-state index contributed by atoms with van der Waals surface area (Å²) in [5.41, 5.74) is 2.35. The molecule has 0 radical (unpaired) electrons. The standard InChI is InChI=1S/C21H26N4O3/c1-3-18(26)25-11-8-17-19(23-14-22-17)21(25)9-12-24(13-10-21)20(27)15-4-6-16(28-2)7-5-15/h4-7,14H,3,8-13H2,1-2H3,(H,22,23). The van der Waals surface area contributed by atoms with Gasteiger partial charge in [-0.05, 0) is 37.1 Å². The van der Waals surface area contributed by atoms with Gasteiger partial charge in [-0.1, -0.05) is 6.92 Å².